The van der Waals surface area contributed by atoms with Crippen LogP contribution in [-0.2, 0) is 24.8 Å². The van der Waals surface area contributed by atoms with Crippen molar-refractivity contribution in [3.63, 3.8) is 0 Å². The van der Waals surface area contributed by atoms with Gasteiger partial charge in [-0.3, -0.25) is 9.36 Å². The summed E-state index contributed by atoms with van der Waals surface area (Å²) in [5.74, 6) is 1.92. The van der Waals surface area contributed by atoms with Crippen LogP contribution in [0.3, 0.4) is 0 Å². The van der Waals surface area contributed by atoms with Crippen molar-refractivity contribution >= 4 is 31.4 Å². The van der Waals surface area contributed by atoms with E-state index in [0.29, 0.717) is 57.1 Å². The van der Waals surface area contributed by atoms with Crippen molar-refractivity contribution in [2.45, 2.75) is 26.1 Å². The molecule has 13 nitrogen and oxygen atoms in total. The molecule has 0 saturated carbocycles. The van der Waals surface area contributed by atoms with Crippen LogP contribution in [0, 0.1) is 0 Å². The van der Waals surface area contributed by atoms with Gasteiger partial charge in [-0.05, 0) is 84.6 Å². The number of ether oxygens (including phenoxy) is 8. The minimum Gasteiger partial charge on any atom is -0.493 e. The van der Waals surface area contributed by atoms with E-state index in [1.54, 1.807) is 83.7 Å². The molecule has 0 heterocycles. The fourth-order valence-corrected chi connectivity index (χ4v) is 7.53. The maximum Gasteiger partial charge on any atom is 0.357 e. The van der Waals surface area contributed by atoms with E-state index in [1.165, 1.54) is 28.4 Å². The molecule has 0 aliphatic rings. The first kappa shape index (κ1) is 41.4. The number of carbonyl (C=O) groups excluding carboxylic acids is 1. The van der Waals surface area contributed by atoms with Crippen LogP contribution in [-0.4, -0.2) is 69.0 Å². The van der Waals surface area contributed by atoms with Gasteiger partial charge in [-0.2, -0.15) is 0 Å². The van der Waals surface area contributed by atoms with E-state index in [1.807, 2.05) is 30.4 Å². The van der Waals surface area contributed by atoms with Crippen LogP contribution in [0.1, 0.15) is 41.9 Å². The number of methoxy groups -OCH3 is 7. The first-order chi connectivity index (χ1) is 26.1. The van der Waals surface area contributed by atoms with Gasteiger partial charge in [0.1, 0.15) is 0 Å². The summed E-state index contributed by atoms with van der Waals surface area (Å²) < 4.78 is 69.9. The van der Waals surface area contributed by atoms with Gasteiger partial charge in [0.15, 0.2) is 40.3 Å². The highest BCUT2D eigenvalue weighted by molar-refractivity contribution is 7.54. The lowest BCUT2D eigenvalue weighted by atomic mass is 10.1. The molecule has 54 heavy (non-hydrogen) atoms. The van der Waals surface area contributed by atoms with Crippen molar-refractivity contribution in [2.75, 3.05) is 68.3 Å². The summed E-state index contributed by atoms with van der Waals surface area (Å²) in [6.07, 6.45) is 3.72. The Hall–Kier alpha value is -5.36. The highest BCUT2D eigenvalue weighted by Gasteiger charge is 2.38. The van der Waals surface area contributed by atoms with Crippen molar-refractivity contribution in [1.82, 2.24) is 0 Å². The highest BCUT2D eigenvalue weighted by atomic mass is 31.2. The second-order valence-corrected chi connectivity index (χ2v) is 13.5. The maximum absolute atomic E-state index is 14.2. The smallest absolute Gasteiger partial charge is 0.357 e. The van der Waals surface area contributed by atoms with Crippen molar-refractivity contribution in [3.05, 3.63) is 89.0 Å². The van der Waals surface area contributed by atoms with Crippen LogP contribution in [0.15, 0.2) is 66.7 Å². The van der Waals surface area contributed by atoms with Crippen molar-refractivity contribution in [3.8, 4) is 46.0 Å². The molecule has 4 rings (SSSR count). The van der Waals surface area contributed by atoms with Crippen LogP contribution in [0.5, 0.6) is 46.0 Å². The Kier molecular flexibility index (Phi) is 15.1. The Labute approximate surface area is 316 Å². The van der Waals surface area contributed by atoms with Gasteiger partial charge in [0.05, 0.1) is 69.4 Å². The monoisotopic (exact) mass is 765 g/mol. The van der Waals surface area contributed by atoms with E-state index in [4.69, 9.17) is 46.9 Å². The third-order valence-corrected chi connectivity index (χ3v) is 10.4. The zero-order valence-electron chi connectivity index (χ0n) is 32.1. The summed E-state index contributed by atoms with van der Waals surface area (Å²) in [5, 5.41) is 3.31. The lowest BCUT2D eigenvalue weighted by Crippen LogP contribution is -2.16. The summed E-state index contributed by atoms with van der Waals surface area (Å²) in [7, 11) is 6.88. The summed E-state index contributed by atoms with van der Waals surface area (Å²) >= 11 is 0. The molecule has 0 fully saturated rings. The number of esters is 1. The third-order valence-electron chi connectivity index (χ3n) is 8.11. The standard InChI is InChI=1S/C40H48NO12P/c1-10-51-54(43,52-11-2)40(29-24-35(47-6)39(50-9)36(25-29)48-7)41-30-17-14-27(15-18-30)23-37(42)53-32-20-26(16-19-31(32)44-3)12-13-28-21-33(45-4)38(49-8)34(22-28)46-5/h12-22,24-25,40-41H,10-11,23H2,1-9H3/b13-12-. The normalized spacial score (nSPS) is 11.8. The van der Waals surface area contributed by atoms with Gasteiger partial charge in [-0.25, -0.2) is 0 Å². The fourth-order valence-electron chi connectivity index (χ4n) is 5.62. The second-order valence-electron chi connectivity index (χ2n) is 11.4. The van der Waals surface area contributed by atoms with Crippen LogP contribution >= 0.6 is 7.60 Å². The zero-order valence-corrected chi connectivity index (χ0v) is 32.9. The van der Waals surface area contributed by atoms with Crippen LogP contribution in [0.4, 0.5) is 5.69 Å². The number of rotatable bonds is 20. The molecule has 1 N–H and O–H groups in total. The maximum atomic E-state index is 14.2. The molecule has 0 aliphatic heterocycles. The molecular weight excluding hydrogens is 717 g/mol. The van der Waals surface area contributed by atoms with Crippen LogP contribution < -0.4 is 43.2 Å². The van der Waals surface area contributed by atoms with E-state index in [9.17, 15) is 9.36 Å². The molecule has 0 radical (unpaired) electrons. The summed E-state index contributed by atoms with van der Waals surface area (Å²) in [6.45, 7) is 3.79. The van der Waals surface area contributed by atoms with E-state index in [0.717, 1.165) is 11.1 Å². The van der Waals surface area contributed by atoms with Gasteiger partial charge in [-0.1, -0.05) is 30.4 Å². The first-order valence-electron chi connectivity index (χ1n) is 17.0. The van der Waals surface area contributed by atoms with Crippen molar-refractivity contribution in [1.29, 1.82) is 0 Å². The van der Waals surface area contributed by atoms with Crippen molar-refractivity contribution < 1.29 is 56.3 Å². The lowest BCUT2D eigenvalue weighted by molar-refractivity contribution is -0.133. The van der Waals surface area contributed by atoms with E-state index < -0.39 is 19.3 Å². The Balaban J connectivity index is 1.54. The van der Waals surface area contributed by atoms with Gasteiger partial charge in [0.2, 0.25) is 11.5 Å². The highest BCUT2D eigenvalue weighted by Crippen LogP contribution is 2.62. The van der Waals surface area contributed by atoms with E-state index in [-0.39, 0.29) is 25.4 Å². The zero-order chi connectivity index (χ0) is 39.3. The number of benzene rings is 4. The number of carbonyl (C=O) groups is 1. The quantitative estimate of drug-likeness (QED) is 0.0399. The molecule has 0 spiro atoms. The third kappa shape index (κ3) is 9.98. The minimum atomic E-state index is -3.79. The number of hydrogen-bond donors (Lipinski definition) is 1. The Bertz CT molecular complexity index is 1890. The van der Waals surface area contributed by atoms with E-state index in [2.05, 4.69) is 5.32 Å². The Morgan fingerprint density at radius 1 is 0.611 bits per heavy atom. The van der Waals surface area contributed by atoms with Gasteiger partial charge >= 0.3 is 13.6 Å². The molecule has 4 aromatic rings. The van der Waals surface area contributed by atoms with Crippen LogP contribution in [0.25, 0.3) is 12.2 Å². The summed E-state index contributed by atoms with van der Waals surface area (Å²) in [6, 6.07) is 19.4. The summed E-state index contributed by atoms with van der Waals surface area (Å²) in [5.41, 5.74) is 3.38. The predicted octanol–water partition coefficient (Wildman–Crippen LogP) is 8.44. The number of nitrogens with one attached hydrogen (secondary N) is 1. The molecule has 14 heteroatoms. The first-order valence-corrected chi connectivity index (χ1v) is 18.6. The number of anilines is 1. The Morgan fingerprint density at radius 3 is 1.57 bits per heavy atom. The average molecular weight is 766 g/mol. The molecule has 4 aromatic carbocycles. The molecule has 1 atom stereocenters. The molecule has 0 saturated heterocycles. The largest absolute Gasteiger partial charge is 0.493 e. The SMILES string of the molecule is CCOP(=O)(OCC)C(Nc1ccc(CC(=O)Oc2cc(/C=C\c3cc(OC)c(OC)c(OC)c3)ccc2OC)cc1)c1cc(OC)c(OC)c(OC)c1. The molecular formula is C40H48NO12P. The molecule has 0 bridgehead atoms. The van der Waals surface area contributed by atoms with Crippen molar-refractivity contribution in [2.24, 2.45) is 0 Å². The second kappa shape index (κ2) is 19.6. The lowest BCUT2D eigenvalue weighted by Gasteiger charge is -2.29. The predicted molar refractivity (Wildman–Crippen MR) is 207 cm³/mol. The molecule has 0 aliphatic carbocycles. The molecule has 0 amide bonds. The average Bonchev–Trinajstić information content (AvgIpc) is 3.18. The van der Waals surface area contributed by atoms with Crippen LogP contribution in [0.2, 0.25) is 0 Å². The molecule has 1 unspecified atom stereocenters. The molecule has 290 valence electrons. The van der Waals surface area contributed by atoms with Gasteiger partial charge in [0, 0.05) is 5.69 Å². The fraction of sp³-hybridized carbons (Fsp3) is 0.325. The molecule has 0 aromatic heterocycles. The van der Waals surface area contributed by atoms with Gasteiger partial charge < -0.3 is 52.3 Å². The van der Waals surface area contributed by atoms with E-state index >= 15 is 0 Å². The van der Waals surface area contributed by atoms with Gasteiger partial charge in [0.25, 0.3) is 0 Å². The topological polar surface area (TPSA) is 138 Å². The minimum absolute atomic E-state index is 0.0262. The number of hydrogen-bond acceptors (Lipinski definition) is 13. The van der Waals surface area contributed by atoms with Gasteiger partial charge in [-0.15, -0.1) is 0 Å². The summed E-state index contributed by atoms with van der Waals surface area (Å²) in [4.78, 5) is 13.2. The Morgan fingerprint density at radius 2 is 1.09 bits per heavy atom.